The van der Waals surface area contributed by atoms with Gasteiger partial charge in [0, 0.05) is 36.8 Å². The van der Waals surface area contributed by atoms with Gasteiger partial charge in [0.05, 0.1) is 6.04 Å². The SMILES string of the molecule is C[C@H]1CCC[C@H](C)N1C(=O)N[C@@H]1CC(=O)N(c2ccc3c(c2)OCCO3)C1. The van der Waals surface area contributed by atoms with Gasteiger partial charge in [0.2, 0.25) is 5.91 Å². The maximum Gasteiger partial charge on any atom is 0.318 e. The topological polar surface area (TPSA) is 71.1 Å². The first-order valence-electron chi connectivity index (χ1n) is 9.82. The van der Waals surface area contributed by atoms with Crippen LogP contribution in [-0.2, 0) is 4.79 Å². The van der Waals surface area contributed by atoms with E-state index in [0.717, 1.165) is 24.9 Å². The highest BCUT2D eigenvalue weighted by atomic mass is 16.6. The summed E-state index contributed by atoms with van der Waals surface area (Å²) in [6.07, 6.45) is 3.54. The summed E-state index contributed by atoms with van der Waals surface area (Å²) in [5, 5.41) is 3.07. The highest BCUT2D eigenvalue weighted by molar-refractivity contribution is 5.97. The Labute approximate surface area is 159 Å². The predicted octanol–water partition coefficient (Wildman–Crippen LogP) is 2.54. The fourth-order valence-electron chi connectivity index (χ4n) is 4.32. The number of likely N-dealkylation sites (tertiary alicyclic amines) is 1. The summed E-state index contributed by atoms with van der Waals surface area (Å²) in [7, 11) is 0. The summed E-state index contributed by atoms with van der Waals surface area (Å²) in [6, 6.07) is 5.77. The zero-order chi connectivity index (χ0) is 19.0. The standard InChI is InChI=1S/C20H27N3O4/c1-13-4-3-5-14(2)23(13)20(25)21-15-10-19(24)22(12-15)16-6-7-17-18(11-16)27-9-8-26-17/h6-7,11,13-15H,3-5,8-10,12H2,1-2H3,(H,21,25)/t13-,14-,15+/m0/s1. The zero-order valence-corrected chi connectivity index (χ0v) is 15.9. The second kappa shape index (κ2) is 7.29. The molecule has 3 atom stereocenters. The minimum Gasteiger partial charge on any atom is -0.486 e. The number of carbonyl (C=O) groups is 2. The molecule has 0 aliphatic carbocycles. The van der Waals surface area contributed by atoms with Crippen LogP contribution in [0, 0.1) is 0 Å². The summed E-state index contributed by atoms with van der Waals surface area (Å²) < 4.78 is 11.2. The Morgan fingerprint density at radius 1 is 1.11 bits per heavy atom. The number of carbonyl (C=O) groups excluding carboxylic acids is 2. The number of urea groups is 1. The number of benzene rings is 1. The molecule has 4 rings (SSSR count). The molecule has 0 unspecified atom stereocenters. The van der Waals surface area contributed by atoms with Crippen LogP contribution in [0.4, 0.5) is 10.5 Å². The van der Waals surface area contributed by atoms with E-state index in [9.17, 15) is 9.59 Å². The fourth-order valence-corrected chi connectivity index (χ4v) is 4.32. The van der Waals surface area contributed by atoms with Crippen LogP contribution in [0.1, 0.15) is 39.5 Å². The first-order chi connectivity index (χ1) is 13.0. The normalized spacial score (nSPS) is 27.6. The van der Waals surface area contributed by atoms with E-state index in [2.05, 4.69) is 19.2 Å². The van der Waals surface area contributed by atoms with Gasteiger partial charge in [-0.3, -0.25) is 4.79 Å². The number of rotatable bonds is 2. The van der Waals surface area contributed by atoms with Crippen LogP contribution in [-0.4, -0.2) is 54.7 Å². The fraction of sp³-hybridized carbons (Fsp3) is 0.600. The molecule has 146 valence electrons. The lowest BCUT2D eigenvalue weighted by molar-refractivity contribution is -0.117. The number of amides is 3. The molecule has 0 spiro atoms. The van der Waals surface area contributed by atoms with Crippen LogP contribution in [0.5, 0.6) is 11.5 Å². The molecule has 7 heteroatoms. The van der Waals surface area contributed by atoms with Gasteiger partial charge in [-0.1, -0.05) is 0 Å². The average Bonchev–Trinajstić information content (AvgIpc) is 3.01. The number of ether oxygens (including phenoxy) is 2. The highest BCUT2D eigenvalue weighted by Gasteiger charge is 2.35. The third-order valence-corrected chi connectivity index (χ3v) is 5.72. The maximum absolute atomic E-state index is 12.8. The molecular formula is C20H27N3O4. The van der Waals surface area contributed by atoms with E-state index in [1.54, 1.807) is 4.90 Å². The molecule has 3 amide bonds. The Balaban J connectivity index is 1.42. The molecule has 0 radical (unpaired) electrons. The first kappa shape index (κ1) is 17.9. The van der Waals surface area contributed by atoms with Crippen molar-refractivity contribution in [3.8, 4) is 11.5 Å². The van der Waals surface area contributed by atoms with Crippen molar-refractivity contribution in [2.75, 3.05) is 24.7 Å². The molecule has 1 aromatic rings. The Hall–Kier alpha value is -2.44. The van der Waals surface area contributed by atoms with E-state index in [-0.39, 0.29) is 30.1 Å². The lowest BCUT2D eigenvalue weighted by atomic mass is 9.98. The molecule has 3 aliphatic rings. The summed E-state index contributed by atoms with van der Waals surface area (Å²) in [6.45, 7) is 5.71. The van der Waals surface area contributed by atoms with Gasteiger partial charge >= 0.3 is 6.03 Å². The quantitative estimate of drug-likeness (QED) is 0.865. The van der Waals surface area contributed by atoms with Crippen molar-refractivity contribution >= 4 is 17.6 Å². The van der Waals surface area contributed by atoms with Crippen molar-refractivity contribution in [3.05, 3.63) is 18.2 Å². The highest BCUT2D eigenvalue weighted by Crippen LogP contribution is 2.35. The van der Waals surface area contributed by atoms with E-state index in [1.165, 1.54) is 0 Å². The number of hydrogen-bond acceptors (Lipinski definition) is 4. The van der Waals surface area contributed by atoms with Crippen molar-refractivity contribution < 1.29 is 19.1 Å². The smallest absolute Gasteiger partial charge is 0.318 e. The van der Waals surface area contributed by atoms with Crippen molar-refractivity contribution in [3.63, 3.8) is 0 Å². The largest absolute Gasteiger partial charge is 0.486 e. The lowest BCUT2D eigenvalue weighted by Gasteiger charge is -2.39. The van der Waals surface area contributed by atoms with Crippen LogP contribution in [0.15, 0.2) is 18.2 Å². The van der Waals surface area contributed by atoms with Crippen LogP contribution < -0.4 is 19.7 Å². The second-order valence-corrected chi connectivity index (χ2v) is 7.72. The maximum atomic E-state index is 12.8. The predicted molar refractivity (Wildman–Crippen MR) is 101 cm³/mol. The van der Waals surface area contributed by atoms with Crippen molar-refractivity contribution in [2.24, 2.45) is 0 Å². The van der Waals surface area contributed by atoms with Crippen LogP contribution in [0.25, 0.3) is 0 Å². The van der Waals surface area contributed by atoms with Gasteiger partial charge in [-0.25, -0.2) is 4.79 Å². The molecule has 1 aromatic carbocycles. The molecule has 7 nitrogen and oxygen atoms in total. The number of nitrogens with zero attached hydrogens (tertiary/aromatic N) is 2. The monoisotopic (exact) mass is 373 g/mol. The molecule has 0 bridgehead atoms. The summed E-state index contributed by atoms with van der Waals surface area (Å²) in [5.74, 6) is 1.38. The molecule has 3 aliphatic heterocycles. The van der Waals surface area contributed by atoms with Crippen LogP contribution >= 0.6 is 0 Å². The third kappa shape index (κ3) is 3.55. The second-order valence-electron chi connectivity index (χ2n) is 7.72. The minimum atomic E-state index is -0.181. The van der Waals surface area contributed by atoms with E-state index in [1.807, 2.05) is 23.1 Å². The van der Waals surface area contributed by atoms with Crippen molar-refractivity contribution in [1.29, 1.82) is 0 Å². The summed E-state index contributed by atoms with van der Waals surface area (Å²) >= 11 is 0. The number of nitrogens with one attached hydrogen (secondary N) is 1. The summed E-state index contributed by atoms with van der Waals surface area (Å²) in [4.78, 5) is 28.9. The zero-order valence-electron chi connectivity index (χ0n) is 15.9. The molecule has 27 heavy (non-hydrogen) atoms. The minimum absolute atomic E-state index is 0.0109. The molecule has 2 fully saturated rings. The Morgan fingerprint density at radius 2 is 1.81 bits per heavy atom. The van der Waals surface area contributed by atoms with Crippen LogP contribution in [0.2, 0.25) is 0 Å². The van der Waals surface area contributed by atoms with Gasteiger partial charge in [0.1, 0.15) is 13.2 Å². The van der Waals surface area contributed by atoms with Gasteiger partial charge in [-0.2, -0.15) is 0 Å². The molecule has 0 aromatic heterocycles. The number of fused-ring (bicyclic) bond motifs is 1. The van der Waals surface area contributed by atoms with Gasteiger partial charge in [0.25, 0.3) is 0 Å². The van der Waals surface area contributed by atoms with Gasteiger partial charge in [0.15, 0.2) is 11.5 Å². The van der Waals surface area contributed by atoms with E-state index in [0.29, 0.717) is 37.7 Å². The molecular weight excluding hydrogens is 346 g/mol. The molecule has 1 N–H and O–H groups in total. The van der Waals surface area contributed by atoms with E-state index in [4.69, 9.17) is 9.47 Å². The number of hydrogen-bond donors (Lipinski definition) is 1. The van der Waals surface area contributed by atoms with Crippen molar-refractivity contribution in [1.82, 2.24) is 10.2 Å². The lowest BCUT2D eigenvalue weighted by Crippen LogP contribution is -2.54. The van der Waals surface area contributed by atoms with E-state index < -0.39 is 0 Å². The first-order valence-corrected chi connectivity index (χ1v) is 9.82. The Morgan fingerprint density at radius 3 is 2.56 bits per heavy atom. The Bertz CT molecular complexity index is 728. The molecule has 0 saturated carbocycles. The number of piperidine rings is 1. The number of anilines is 1. The molecule has 3 heterocycles. The van der Waals surface area contributed by atoms with Crippen molar-refractivity contribution in [2.45, 2.75) is 57.7 Å². The third-order valence-electron chi connectivity index (χ3n) is 5.72. The molecule has 2 saturated heterocycles. The van der Waals surface area contributed by atoms with E-state index >= 15 is 0 Å². The van der Waals surface area contributed by atoms with Crippen LogP contribution in [0.3, 0.4) is 0 Å². The summed E-state index contributed by atoms with van der Waals surface area (Å²) in [5.41, 5.74) is 0.778. The van der Waals surface area contributed by atoms with Gasteiger partial charge in [-0.15, -0.1) is 0 Å². The average molecular weight is 373 g/mol. The van der Waals surface area contributed by atoms with Gasteiger partial charge in [-0.05, 0) is 45.2 Å². The Kier molecular flexibility index (Phi) is 4.85. The van der Waals surface area contributed by atoms with Gasteiger partial charge < -0.3 is 24.6 Å².